The van der Waals surface area contributed by atoms with Crippen LogP contribution in [-0.2, 0) is 16.0 Å². The molecule has 2 aromatic carbocycles. The number of esters is 1. The molecule has 0 aliphatic heterocycles. The van der Waals surface area contributed by atoms with Crippen LogP contribution < -0.4 is 4.74 Å². The Balaban J connectivity index is 2.13. The first-order chi connectivity index (χ1) is 9.79. The summed E-state index contributed by atoms with van der Waals surface area (Å²) in [6, 6.07) is 19.0. The van der Waals surface area contributed by atoms with E-state index in [1.807, 2.05) is 60.7 Å². The molecule has 0 aliphatic rings. The van der Waals surface area contributed by atoms with Crippen LogP contribution >= 0.6 is 0 Å². The lowest BCUT2D eigenvalue weighted by molar-refractivity contribution is -0.136. The maximum Gasteiger partial charge on any atom is 0.337 e. The van der Waals surface area contributed by atoms with Crippen molar-refractivity contribution in [3.8, 4) is 5.75 Å². The molecule has 3 nitrogen and oxygen atoms in total. The van der Waals surface area contributed by atoms with Crippen LogP contribution in [0.1, 0.15) is 5.56 Å². The van der Waals surface area contributed by atoms with Crippen molar-refractivity contribution in [3.05, 3.63) is 78.1 Å². The summed E-state index contributed by atoms with van der Waals surface area (Å²) in [7, 11) is 1.36. The summed E-state index contributed by atoms with van der Waals surface area (Å²) in [6.45, 7) is 0. The smallest absolute Gasteiger partial charge is 0.337 e. The van der Waals surface area contributed by atoms with E-state index in [9.17, 15) is 4.79 Å². The van der Waals surface area contributed by atoms with E-state index >= 15 is 0 Å². The number of ether oxygens (including phenoxy) is 2. The monoisotopic (exact) mass is 268 g/mol. The van der Waals surface area contributed by atoms with Crippen molar-refractivity contribution < 1.29 is 14.3 Å². The van der Waals surface area contributed by atoms with E-state index in [1.54, 1.807) is 0 Å². The average Bonchev–Trinajstić information content (AvgIpc) is 2.52. The summed E-state index contributed by atoms with van der Waals surface area (Å²) < 4.78 is 10.3. The van der Waals surface area contributed by atoms with E-state index in [1.165, 1.54) is 13.4 Å². The van der Waals surface area contributed by atoms with Gasteiger partial charge in [-0.05, 0) is 17.7 Å². The van der Waals surface area contributed by atoms with Gasteiger partial charge in [-0.25, -0.2) is 4.79 Å². The van der Waals surface area contributed by atoms with Gasteiger partial charge in [-0.3, -0.25) is 0 Å². The van der Waals surface area contributed by atoms with Crippen molar-refractivity contribution in [1.82, 2.24) is 0 Å². The van der Waals surface area contributed by atoms with Crippen LogP contribution in [0.4, 0.5) is 0 Å². The fourth-order valence-corrected chi connectivity index (χ4v) is 1.75. The number of rotatable bonds is 5. The second-order valence-electron chi connectivity index (χ2n) is 4.23. The fourth-order valence-electron chi connectivity index (χ4n) is 1.75. The third kappa shape index (κ3) is 3.99. The molecule has 0 unspecified atom stereocenters. The van der Waals surface area contributed by atoms with Crippen molar-refractivity contribution in [2.75, 3.05) is 7.11 Å². The predicted molar refractivity (Wildman–Crippen MR) is 77.3 cm³/mol. The highest BCUT2D eigenvalue weighted by atomic mass is 16.5. The highest BCUT2D eigenvalue weighted by molar-refractivity contribution is 5.88. The zero-order valence-corrected chi connectivity index (χ0v) is 11.3. The first kappa shape index (κ1) is 13.9. The number of hydrogen-bond donors (Lipinski definition) is 0. The first-order valence-electron chi connectivity index (χ1n) is 6.32. The lowest BCUT2D eigenvalue weighted by Crippen LogP contribution is -2.08. The Morgan fingerprint density at radius 2 is 1.60 bits per heavy atom. The normalized spacial score (nSPS) is 10.9. The van der Waals surface area contributed by atoms with Gasteiger partial charge in [0.05, 0.1) is 12.7 Å². The molecule has 0 N–H and O–H groups in total. The van der Waals surface area contributed by atoms with Crippen LogP contribution in [0, 0.1) is 0 Å². The Morgan fingerprint density at radius 1 is 1.00 bits per heavy atom. The molecule has 0 aliphatic carbocycles. The molecule has 0 bridgehead atoms. The van der Waals surface area contributed by atoms with Crippen molar-refractivity contribution >= 4 is 5.97 Å². The van der Waals surface area contributed by atoms with Crippen molar-refractivity contribution in [2.45, 2.75) is 6.42 Å². The van der Waals surface area contributed by atoms with Crippen LogP contribution in [-0.4, -0.2) is 13.1 Å². The summed E-state index contributed by atoms with van der Waals surface area (Å²) in [5.41, 5.74) is 1.50. The van der Waals surface area contributed by atoms with Crippen LogP contribution in [0.15, 0.2) is 72.5 Å². The molecule has 0 fully saturated rings. The van der Waals surface area contributed by atoms with Crippen LogP contribution in [0.25, 0.3) is 0 Å². The lowest BCUT2D eigenvalue weighted by atomic mass is 10.1. The number of methoxy groups -OCH3 is 1. The third-order valence-electron chi connectivity index (χ3n) is 2.77. The van der Waals surface area contributed by atoms with E-state index in [2.05, 4.69) is 0 Å². The topological polar surface area (TPSA) is 35.5 Å². The molecule has 0 aromatic heterocycles. The largest absolute Gasteiger partial charge is 0.466 e. The Kier molecular flexibility index (Phi) is 4.95. The molecule has 0 atom stereocenters. The zero-order chi connectivity index (χ0) is 14.2. The third-order valence-corrected chi connectivity index (χ3v) is 2.77. The van der Waals surface area contributed by atoms with Gasteiger partial charge in [0, 0.05) is 6.42 Å². The van der Waals surface area contributed by atoms with Gasteiger partial charge in [-0.2, -0.15) is 0 Å². The van der Waals surface area contributed by atoms with Crippen molar-refractivity contribution in [3.63, 3.8) is 0 Å². The maximum atomic E-state index is 11.8. The number of benzene rings is 2. The second kappa shape index (κ2) is 7.14. The van der Waals surface area contributed by atoms with Crippen molar-refractivity contribution in [2.24, 2.45) is 0 Å². The highest BCUT2D eigenvalue weighted by Gasteiger charge is 2.11. The minimum Gasteiger partial charge on any atom is -0.466 e. The van der Waals surface area contributed by atoms with Gasteiger partial charge in [0.1, 0.15) is 12.0 Å². The number of hydrogen-bond acceptors (Lipinski definition) is 3. The Labute approximate surface area is 118 Å². The Morgan fingerprint density at radius 3 is 2.20 bits per heavy atom. The van der Waals surface area contributed by atoms with Gasteiger partial charge in [0.15, 0.2) is 0 Å². The van der Waals surface area contributed by atoms with Crippen LogP contribution in [0.3, 0.4) is 0 Å². The van der Waals surface area contributed by atoms with Gasteiger partial charge in [0.2, 0.25) is 0 Å². The SMILES string of the molecule is COC(=O)C(=COc1ccccc1)Cc1ccccc1. The van der Waals surface area contributed by atoms with E-state index in [-0.39, 0.29) is 5.97 Å². The maximum absolute atomic E-state index is 11.8. The molecule has 3 heteroatoms. The van der Waals surface area contributed by atoms with Gasteiger partial charge in [-0.1, -0.05) is 48.5 Å². The minimum absolute atomic E-state index is 0.384. The van der Waals surface area contributed by atoms with Gasteiger partial charge in [0.25, 0.3) is 0 Å². The number of carbonyl (C=O) groups is 1. The van der Waals surface area contributed by atoms with Gasteiger partial charge >= 0.3 is 5.97 Å². The predicted octanol–water partition coefficient (Wildman–Crippen LogP) is 3.37. The minimum atomic E-state index is -0.384. The standard InChI is InChI=1S/C17H16O3/c1-19-17(18)15(12-14-8-4-2-5-9-14)13-20-16-10-6-3-7-11-16/h2-11,13H,12H2,1H3. The van der Waals surface area contributed by atoms with Gasteiger partial charge in [-0.15, -0.1) is 0 Å². The molecule has 0 amide bonds. The number of carbonyl (C=O) groups excluding carboxylic acids is 1. The van der Waals surface area contributed by atoms with Gasteiger partial charge < -0.3 is 9.47 Å². The molecule has 0 radical (unpaired) electrons. The number of para-hydroxylation sites is 1. The van der Waals surface area contributed by atoms with Crippen LogP contribution in [0.2, 0.25) is 0 Å². The van der Waals surface area contributed by atoms with E-state index in [0.29, 0.717) is 17.7 Å². The Hall–Kier alpha value is -2.55. The van der Waals surface area contributed by atoms with Crippen molar-refractivity contribution in [1.29, 1.82) is 0 Å². The summed E-state index contributed by atoms with van der Waals surface area (Å²) in [6.07, 6.45) is 1.93. The molecule has 2 aromatic rings. The second-order valence-corrected chi connectivity index (χ2v) is 4.23. The zero-order valence-electron chi connectivity index (χ0n) is 11.3. The molecular weight excluding hydrogens is 252 g/mol. The van der Waals surface area contributed by atoms with E-state index in [0.717, 1.165) is 5.56 Å². The molecular formula is C17H16O3. The summed E-state index contributed by atoms with van der Waals surface area (Å²) in [4.78, 5) is 11.8. The Bertz CT molecular complexity index is 574. The average molecular weight is 268 g/mol. The van der Waals surface area contributed by atoms with Crippen LogP contribution in [0.5, 0.6) is 5.75 Å². The molecule has 0 saturated heterocycles. The molecule has 2 rings (SSSR count). The molecule has 0 saturated carbocycles. The quantitative estimate of drug-likeness (QED) is 0.474. The highest BCUT2D eigenvalue weighted by Crippen LogP contribution is 2.13. The molecule has 20 heavy (non-hydrogen) atoms. The summed E-state index contributed by atoms with van der Waals surface area (Å²) in [5, 5.41) is 0. The van der Waals surface area contributed by atoms with E-state index < -0.39 is 0 Å². The summed E-state index contributed by atoms with van der Waals surface area (Å²) >= 11 is 0. The lowest BCUT2D eigenvalue weighted by Gasteiger charge is -2.06. The fraction of sp³-hybridized carbons (Fsp3) is 0.118. The summed E-state index contributed by atoms with van der Waals surface area (Å²) in [5.74, 6) is 0.298. The molecule has 0 heterocycles. The van der Waals surface area contributed by atoms with E-state index in [4.69, 9.17) is 9.47 Å². The molecule has 102 valence electrons. The first-order valence-corrected chi connectivity index (χ1v) is 6.32. The molecule has 0 spiro atoms.